The van der Waals surface area contributed by atoms with Crippen LogP contribution in [0.4, 0.5) is 5.69 Å². The molecule has 0 atom stereocenters. The van der Waals surface area contributed by atoms with Gasteiger partial charge in [0, 0.05) is 19.7 Å². The lowest BCUT2D eigenvalue weighted by atomic mass is 10.1. The van der Waals surface area contributed by atoms with Crippen molar-refractivity contribution in [2.45, 2.75) is 33.6 Å². The Balaban J connectivity index is 2.64. The van der Waals surface area contributed by atoms with Crippen molar-refractivity contribution in [1.29, 1.82) is 0 Å². The number of benzene rings is 1. The highest BCUT2D eigenvalue weighted by Crippen LogP contribution is 2.23. The molecule has 4 heteroatoms. The molecule has 0 radical (unpaired) electrons. The molecule has 1 aromatic rings. The summed E-state index contributed by atoms with van der Waals surface area (Å²) in [6.07, 6.45) is 5.47. The Kier molecular flexibility index (Phi) is 7.50. The summed E-state index contributed by atoms with van der Waals surface area (Å²) in [4.78, 5) is 13.7. The third-order valence-electron chi connectivity index (χ3n) is 3.25. The van der Waals surface area contributed by atoms with Crippen molar-refractivity contribution in [2.24, 2.45) is 5.92 Å². The van der Waals surface area contributed by atoms with Crippen molar-refractivity contribution < 1.29 is 9.53 Å². The van der Waals surface area contributed by atoms with Gasteiger partial charge in [-0.25, -0.2) is 0 Å². The van der Waals surface area contributed by atoms with Crippen LogP contribution in [0.15, 0.2) is 24.3 Å². The molecule has 0 aromatic heterocycles. The van der Waals surface area contributed by atoms with Gasteiger partial charge in [0.15, 0.2) is 0 Å². The highest BCUT2D eigenvalue weighted by atomic mass is 16.5. The Labute approximate surface area is 133 Å². The lowest BCUT2D eigenvalue weighted by Gasteiger charge is -2.14. The van der Waals surface area contributed by atoms with Crippen LogP contribution in [0.2, 0.25) is 0 Å². The lowest BCUT2D eigenvalue weighted by molar-refractivity contribution is -0.124. The first-order valence-electron chi connectivity index (χ1n) is 7.89. The molecule has 22 heavy (non-hydrogen) atoms. The van der Waals surface area contributed by atoms with E-state index in [-0.39, 0.29) is 5.91 Å². The second-order valence-electron chi connectivity index (χ2n) is 5.95. The zero-order valence-electron chi connectivity index (χ0n) is 14.1. The van der Waals surface area contributed by atoms with E-state index in [9.17, 15) is 4.79 Å². The molecule has 0 aliphatic heterocycles. The molecule has 0 bridgehead atoms. The van der Waals surface area contributed by atoms with Crippen LogP contribution < -0.4 is 10.5 Å². The largest absolute Gasteiger partial charge is 0.491 e. The van der Waals surface area contributed by atoms with E-state index in [1.54, 1.807) is 17.1 Å². The van der Waals surface area contributed by atoms with Gasteiger partial charge in [-0.2, -0.15) is 0 Å². The maximum absolute atomic E-state index is 11.9. The fourth-order valence-electron chi connectivity index (χ4n) is 1.86. The Hall–Kier alpha value is -1.97. The Morgan fingerprint density at radius 2 is 2.14 bits per heavy atom. The van der Waals surface area contributed by atoms with Gasteiger partial charge in [-0.3, -0.25) is 4.79 Å². The number of hydrogen-bond donors (Lipinski definition) is 1. The van der Waals surface area contributed by atoms with Gasteiger partial charge in [0.1, 0.15) is 5.75 Å². The van der Waals surface area contributed by atoms with Crippen molar-refractivity contribution in [3.8, 4) is 5.75 Å². The molecule has 0 heterocycles. The van der Waals surface area contributed by atoms with Crippen LogP contribution in [0.25, 0.3) is 6.08 Å². The molecule has 1 rings (SSSR count). The zero-order chi connectivity index (χ0) is 16.5. The number of nitrogens with zero attached hydrogens (tertiary/aromatic N) is 1. The summed E-state index contributed by atoms with van der Waals surface area (Å²) in [5, 5.41) is 0. The first kappa shape index (κ1) is 18.1. The highest BCUT2D eigenvalue weighted by molar-refractivity contribution is 5.91. The van der Waals surface area contributed by atoms with E-state index in [4.69, 9.17) is 10.5 Å². The third kappa shape index (κ3) is 6.20. The molecule has 0 aliphatic rings. The summed E-state index contributed by atoms with van der Waals surface area (Å²) in [6, 6.07) is 5.58. The second kappa shape index (κ2) is 9.13. The van der Waals surface area contributed by atoms with Crippen LogP contribution in [-0.2, 0) is 4.79 Å². The van der Waals surface area contributed by atoms with Crippen molar-refractivity contribution in [1.82, 2.24) is 4.90 Å². The van der Waals surface area contributed by atoms with E-state index < -0.39 is 0 Å². The minimum Gasteiger partial charge on any atom is -0.491 e. The summed E-state index contributed by atoms with van der Waals surface area (Å²) >= 11 is 0. The average Bonchev–Trinajstić information content (AvgIpc) is 2.49. The van der Waals surface area contributed by atoms with Crippen molar-refractivity contribution in [3.05, 3.63) is 29.8 Å². The van der Waals surface area contributed by atoms with E-state index >= 15 is 0 Å². The van der Waals surface area contributed by atoms with Gasteiger partial charge >= 0.3 is 0 Å². The number of ether oxygens (including phenoxy) is 1. The van der Waals surface area contributed by atoms with Crippen LogP contribution in [0.5, 0.6) is 5.75 Å². The van der Waals surface area contributed by atoms with E-state index in [0.717, 1.165) is 24.9 Å². The monoisotopic (exact) mass is 304 g/mol. The second-order valence-corrected chi connectivity index (χ2v) is 5.95. The topological polar surface area (TPSA) is 55.6 Å². The number of nitrogen functional groups attached to an aromatic ring is 1. The molecule has 0 unspecified atom stereocenters. The molecule has 1 amide bonds. The van der Waals surface area contributed by atoms with Gasteiger partial charge in [-0.05, 0) is 36.1 Å². The highest BCUT2D eigenvalue weighted by Gasteiger charge is 2.05. The Bertz CT molecular complexity index is 510. The van der Waals surface area contributed by atoms with Crippen LogP contribution >= 0.6 is 0 Å². The number of nitrogens with two attached hydrogens (primary N) is 1. The maximum atomic E-state index is 11.9. The fraction of sp³-hybridized carbons (Fsp3) is 0.500. The molecule has 122 valence electrons. The molecule has 0 fully saturated rings. The number of anilines is 1. The van der Waals surface area contributed by atoms with Gasteiger partial charge in [0.2, 0.25) is 5.91 Å². The maximum Gasteiger partial charge on any atom is 0.246 e. The normalized spacial score (nSPS) is 11.1. The van der Waals surface area contributed by atoms with E-state index in [2.05, 4.69) is 20.8 Å². The fourth-order valence-corrected chi connectivity index (χ4v) is 1.86. The van der Waals surface area contributed by atoms with E-state index in [0.29, 0.717) is 24.0 Å². The first-order chi connectivity index (χ1) is 10.4. The Morgan fingerprint density at radius 1 is 1.41 bits per heavy atom. The standard InChI is InChI=1S/C18H28N2O2/c1-5-6-11-20(4)18(21)10-8-15-7-9-17(16(19)12-15)22-13-14(2)3/h7-10,12,14H,5-6,11,13,19H2,1-4H3/b10-8-. The molecule has 0 spiro atoms. The number of amides is 1. The molecular weight excluding hydrogens is 276 g/mol. The summed E-state index contributed by atoms with van der Waals surface area (Å²) in [5.74, 6) is 1.15. The minimum absolute atomic E-state index is 0.00663. The van der Waals surface area contributed by atoms with Crippen molar-refractivity contribution >= 4 is 17.7 Å². The molecular formula is C18H28N2O2. The van der Waals surface area contributed by atoms with Gasteiger partial charge in [0.05, 0.1) is 12.3 Å². The van der Waals surface area contributed by atoms with Gasteiger partial charge in [-0.15, -0.1) is 0 Å². The summed E-state index contributed by atoms with van der Waals surface area (Å²) in [6.45, 7) is 7.71. The first-order valence-corrected chi connectivity index (χ1v) is 7.89. The van der Waals surface area contributed by atoms with Crippen molar-refractivity contribution in [2.75, 3.05) is 25.9 Å². The summed E-state index contributed by atoms with van der Waals surface area (Å²) in [7, 11) is 1.82. The molecule has 0 saturated heterocycles. The van der Waals surface area contributed by atoms with E-state index in [1.165, 1.54) is 0 Å². The number of likely N-dealkylation sites (N-methyl/N-ethyl adjacent to an activating group) is 1. The molecule has 1 aromatic carbocycles. The smallest absolute Gasteiger partial charge is 0.246 e. The number of carbonyl (C=O) groups is 1. The quantitative estimate of drug-likeness (QED) is 0.590. The molecule has 0 aliphatic carbocycles. The average molecular weight is 304 g/mol. The Morgan fingerprint density at radius 3 is 2.73 bits per heavy atom. The van der Waals surface area contributed by atoms with Crippen LogP contribution in [0.3, 0.4) is 0 Å². The number of hydrogen-bond acceptors (Lipinski definition) is 3. The molecule has 0 saturated carbocycles. The molecule has 4 nitrogen and oxygen atoms in total. The van der Waals surface area contributed by atoms with Crippen LogP contribution in [-0.4, -0.2) is 31.0 Å². The zero-order valence-corrected chi connectivity index (χ0v) is 14.1. The number of carbonyl (C=O) groups excluding carboxylic acids is 1. The van der Waals surface area contributed by atoms with Gasteiger partial charge in [0.25, 0.3) is 0 Å². The number of unbranched alkanes of at least 4 members (excludes halogenated alkanes) is 1. The predicted molar refractivity (Wildman–Crippen MR) is 92.8 cm³/mol. The number of rotatable bonds is 8. The molecule has 2 N–H and O–H groups in total. The lowest BCUT2D eigenvalue weighted by Crippen LogP contribution is -2.25. The third-order valence-corrected chi connectivity index (χ3v) is 3.25. The summed E-state index contributed by atoms with van der Waals surface area (Å²) < 4.78 is 5.64. The predicted octanol–water partition coefficient (Wildman–Crippen LogP) is 3.58. The summed E-state index contributed by atoms with van der Waals surface area (Å²) in [5.41, 5.74) is 7.47. The SMILES string of the molecule is CCCCN(C)C(=O)/C=C\c1ccc(OCC(C)C)c(N)c1. The van der Waals surface area contributed by atoms with Crippen molar-refractivity contribution in [3.63, 3.8) is 0 Å². The van der Waals surface area contributed by atoms with Crippen LogP contribution in [0, 0.1) is 5.92 Å². The van der Waals surface area contributed by atoms with E-state index in [1.807, 2.05) is 25.2 Å². The minimum atomic E-state index is 0.00663. The van der Waals surface area contributed by atoms with Crippen LogP contribution in [0.1, 0.15) is 39.2 Å². The van der Waals surface area contributed by atoms with Gasteiger partial charge in [-0.1, -0.05) is 33.3 Å². The van der Waals surface area contributed by atoms with Gasteiger partial charge < -0.3 is 15.4 Å².